The lowest BCUT2D eigenvalue weighted by molar-refractivity contribution is -0.274. The van der Waals surface area contributed by atoms with Gasteiger partial charge in [-0.3, -0.25) is 0 Å². The fourth-order valence-corrected chi connectivity index (χ4v) is 6.17. The molecule has 0 amide bonds. The zero-order valence-corrected chi connectivity index (χ0v) is 21.8. The van der Waals surface area contributed by atoms with Crippen molar-refractivity contribution in [3.8, 4) is 17.0 Å². The van der Waals surface area contributed by atoms with Crippen LogP contribution in [-0.4, -0.2) is 55.4 Å². The van der Waals surface area contributed by atoms with Gasteiger partial charge in [0.2, 0.25) is 0 Å². The summed E-state index contributed by atoms with van der Waals surface area (Å²) in [5.74, 6) is 0.180. The molecule has 214 valence electrons. The summed E-state index contributed by atoms with van der Waals surface area (Å²) in [6, 6.07) is 9.95. The van der Waals surface area contributed by atoms with E-state index >= 15 is 0 Å². The monoisotopic (exact) mass is 569 g/mol. The number of halogens is 3. The molecule has 4 aromatic rings. The van der Waals surface area contributed by atoms with Gasteiger partial charge in [-0.1, -0.05) is 17.3 Å². The second-order valence-electron chi connectivity index (χ2n) is 10.8. The summed E-state index contributed by atoms with van der Waals surface area (Å²) in [5.41, 5.74) is 1.60. The van der Waals surface area contributed by atoms with E-state index in [0.29, 0.717) is 22.7 Å². The Kier molecular flexibility index (Phi) is 6.14. The van der Waals surface area contributed by atoms with E-state index in [1.54, 1.807) is 18.2 Å². The maximum absolute atomic E-state index is 13.1. The van der Waals surface area contributed by atoms with Crippen molar-refractivity contribution in [2.24, 2.45) is 0 Å². The van der Waals surface area contributed by atoms with Crippen LogP contribution < -0.4 is 9.64 Å². The number of aromatic carboxylic acids is 1. The van der Waals surface area contributed by atoms with Crippen LogP contribution >= 0.6 is 0 Å². The highest BCUT2D eigenvalue weighted by molar-refractivity contribution is 5.86. The zero-order valence-electron chi connectivity index (χ0n) is 21.8. The molecule has 41 heavy (non-hydrogen) atoms. The molecule has 2 unspecified atom stereocenters. The average molecular weight is 570 g/mol. The minimum atomic E-state index is -4.83. The van der Waals surface area contributed by atoms with E-state index < -0.39 is 12.3 Å². The highest BCUT2D eigenvalue weighted by Crippen LogP contribution is 2.46. The van der Waals surface area contributed by atoms with Crippen molar-refractivity contribution in [1.29, 1.82) is 0 Å². The number of carboxylic acids is 1. The summed E-state index contributed by atoms with van der Waals surface area (Å²) in [6.45, 7) is 0.173. The normalized spacial score (nSPS) is 22.4. The topological polar surface area (TPSA) is 115 Å². The van der Waals surface area contributed by atoms with Crippen molar-refractivity contribution < 1.29 is 37.1 Å². The van der Waals surface area contributed by atoms with Gasteiger partial charge < -0.3 is 24.0 Å². The number of aromatic nitrogens is 4. The second kappa shape index (κ2) is 9.75. The van der Waals surface area contributed by atoms with Crippen LogP contribution in [0.3, 0.4) is 0 Å². The van der Waals surface area contributed by atoms with Crippen molar-refractivity contribution >= 4 is 17.4 Å². The van der Waals surface area contributed by atoms with E-state index in [-0.39, 0.29) is 47.7 Å². The molecule has 7 rings (SSSR count). The largest absolute Gasteiger partial charge is 0.573 e. The zero-order chi connectivity index (χ0) is 28.3. The summed E-state index contributed by atoms with van der Waals surface area (Å²) in [5, 5.41) is 18.1. The lowest BCUT2D eigenvalue weighted by Crippen LogP contribution is -2.46. The van der Waals surface area contributed by atoms with Gasteiger partial charge in [0.05, 0.1) is 18.9 Å². The van der Waals surface area contributed by atoms with Gasteiger partial charge in [0.1, 0.15) is 23.0 Å². The first-order valence-electron chi connectivity index (χ1n) is 13.6. The molecule has 1 aliphatic carbocycles. The van der Waals surface area contributed by atoms with Gasteiger partial charge in [-0.2, -0.15) is 0 Å². The SMILES string of the molecule is O=C(O)c1cn2nc(N3C4CC[C@H]3CC(OCc3c(-c5ccccc5OC(F)(F)F)noc3C3CC3)C4)ccc2n1. The van der Waals surface area contributed by atoms with Gasteiger partial charge in [-0.05, 0) is 62.8 Å². The third kappa shape index (κ3) is 4.98. The fourth-order valence-electron chi connectivity index (χ4n) is 6.17. The Bertz CT molecular complexity index is 1600. The molecule has 1 saturated carbocycles. The number of imidazole rings is 1. The number of anilines is 1. The molecule has 10 nitrogen and oxygen atoms in total. The lowest BCUT2D eigenvalue weighted by Gasteiger charge is -2.39. The van der Waals surface area contributed by atoms with Crippen molar-refractivity contribution in [3.63, 3.8) is 0 Å². The molecule has 13 heteroatoms. The summed E-state index contributed by atoms with van der Waals surface area (Å²) < 4.78 is 57.1. The predicted molar refractivity (Wildman–Crippen MR) is 138 cm³/mol. The van der Waals surface area contributed by atoms with Crippen molar-refractivity contribution in [3.05, 3.63) is 59.6 Å². The van der Waals surface area contributed by atoms with E-state index in [1.165, 1.54) is 22.8 Å². The molecule has 2 saturated heterocycles. The number of piperidine rings is 1. The summed E-state index contributed by atoms with van der Waals surface area (Å²) >= 11 is 0. The third-order valence-electron chi connectivity index (χ3n) is 8.08. The average Bonchev–Trinajstić information content (AvgIpc) is 3.44. The van der Waals surface area contributed by atoms with Crippen LogP contribution in [0.15, 0.2) is 47.1 Å². The first-order chi connectivity index (χ1) is 19.7. The standard InChI is InChI=1S/C28H26F3N5O5/c29-28(30,31)40-22-4-2-1-3-19(22)25-20(26(41-34-25)15-5-6-15)14-39-18-11-16-7-8-17(12-18)36(16)24-10-9-23-32-21(27(37)38)13-35(23)33-24/h1-4,9-10,13,15-18H,5-8,11-12,14H2,(H,37,38)/t16-,17?,18?/m0/s1. The Morgan fingerprint density at radius 2 is 1.83 bits per heavy atom. The molecule has 2 bridgehead atoms. The Balaban J connectivity index is 1.09. The molecule has 3 aromatic heterocycles. The number of para-hydroxylation sites is 1. The molecule has 3 aliphatic rings. The van der Waals surface area contributed by atoms with E-state index in [2.05, 4.69) is 24.9 Å². The number of carbonyl (C=O) groups is 1. The van der Waals surface area contributed by atoms with Crippen LogP contribution in [0.5, 0.6) is 5.75 Å². The van der Waals surface area contributed by atoms with Gasteiger partial charge >= 0.3 is 12.3 Å². The van der Waals surface area contributed by atoms with E-state index in [1.807, 2.05) is 6.07 Å². The molecule has 1 aromatic carbocycles. The van der Waals surface area contributed by atoms with Crippen LogP contribution in [0.1, 0.15) is 66.3 Å². The Morgan fingerprint density at radius 1 is 1.07 bits per heavy atom. The third-order valence-corrected chi connectivity index (χ3v) is 8.08. The number of rotatable bonds is 8. The highest BCUT2D eigenvalue weighted by Gasteiger charge is 2.43. The first-order valence-corrected chi connectivity index (χ1v) is 13.6. The maximum Gasteiger partial charge on any atom is 0.573 e. The highest BCUT2D eigenvalue weighted by atomic mass is 19.4. The van der Waals surface area contributed by atoms with E-state index in [4.69, 9.17) is 9.26 Å². The molecule has 5 heterocycles. The molecular formula is C28H26F3N5O5. The molecular weight excluding hydrogens is 543 g/mol. The van der Waals surface area contributed by atoms with Crippen LogP contribution in [0.25, 0.3) is 16.9 Å². The van der Waals surface area contributed by atoms with Crippen molar-refractivity contribution in [1.82, 2.24) is 19.8 Å². The lowest BCUT2D eigenvalue weighted by atomic mass is 9.99. The number of nitrogens with zero attached hydrogens (tertiary/aromatic N) is 5. The van der Waals surface area contributed by atoms with Gasteiger partial charge in [0.15, 0.2) is 11.3 Å². The van der Waals surface area contributed by atoms with Gasteiger partial charge in [0, 0.05) is 29.1 Å². The Hall–Kier alpha value is -4.13. The summed E-state index contributed by atoms with van der Waals surface area (Å²) in [4.78, 5) is 17.7. The number of ether oxygens (including phenoxy) is 2. The van der Waals surface area contributed by atoms with Crippen molar-refractivity contribution in [2.45, 2.75) is 75.6 Å². The van der Waals surface area contributed by atoms with Crippen LogP contribution in [0, 0.1) is 0 Å². The quantitative estimate of drug-likeness (QED) is 0.291. The molecule has 2 aliphatic heterocycles. The second-order valence-corrected chi connectivity index (χ2v) is 10.8. The Morgan fingerprint density at radius 3 is 2.54 bits per heavy atom. The van der Waals surface area contributed by atoms with Crippen LogP contribution in [0.4, 0.5) is 19.0 Å². The number of fused-ring (bicyclic) bond motifs is 3. The molecule has 3 fully saturated rings. The van der Waals surface area contributed by atoms with Crippen LogP contribution in [-0.2, 0) is 11.3 Å². The minimum absolute atomic E-state index is 0.0593. The Labute approximate surface area is 231 Å². The van der Waals surface area contributed by atoms with Crippen molar-refractivity contribution in [2.75, 3.05) is 4.90 Å². The smallest absolute Gasteiger partial charge is 0.476 e. The number of hydrogen-bond acceptors (Lipinski definition) is 8. The van der Waals surface area contributed by atoms with Gasteiger partial charge in [-0.15, -0.1) is 18.3 Å². The molecule has 3 atom stereocenters. The van der Waals surface area contributed by atoms with Gasteiger partial charge in [0.25, 0.3) is 0 Å². The van der Waals surface area contributed by atoms with Gasteiger partial charge in [-0.25, -0.2) is 14.3 Å². The summed E-state index contributed by atoms with van der Waals surface area (Å²) in [7, 11) is 0. The fraction of sp³-hybridized carbons (Fsp3) is 0.429. The number of hydrogen-bond donors (Lipinski definition) is 1. The molecule has 0 spiro atoms. The minimum Gasteiger partial charge on any atom is -0.476 e. The first kappa shape index (κ1) is 25.8. The molecule has 0 radical (unpaired) electrons. The number of benzene rings is 1. The van der Waals surface area contributed by atoms with Crippen LogP contribution in [0.2, 0.25) is 0 Å². The van der Waals surface area contributed by atoms with E-state index in [9.17, 15) is 23.1 Å². The number of carboxylic acid groups (broad SMARTS) is 1. The maximum atomic E-state index is 13.1. The summed E-state index contributed by atoms with van der Waals surface area (Å²) in [6.07, 6.45) is 1.85. The van der Waals surface area contributed by atoms with E-state index in [0.717, 1.165) is 44.3 Å². The molecule has 1 N–H and O–H groups in total. The predicted octanol–water partition coefficient (Wildman–Crippen LogP) is 5.58. The number of alkyl halides is 3.